The summed E-state index contributed by atoms with van der Waals surface area (Å²) in [6, 6.07) is 25.5. The van der Waals surface area contributed by atoms with Crippen LogP contribution in [-0.4, -0.2) is 47.8 Å². The second kappa shape index (κ2) is 10.1. The molecule has 32 heavy (non-hydrogen) atoms. The minimum absolute atomic E-state index is 0.146. The molecule has 164 valence electrons. The zero-order chi connectivity index (χ0) is 22.3. The van der Waals surface area contributed by atoms with Gasteiger partial charge in [0.1, 0.15) is 5.75 Å². The van der Waals surface area contributed by atoms with Crippen LogP contribution in [0.5, 0.6) is 11.6 Å². The fourth-order valence-electron chi connectivity index (χ4n) is 3.59. The Morgan fingerprint density at radius 3 is 2.50 bits per heavy atom. The van der Waals surface area contributed by atoms with Crippen molar-refractivity contribution in [3.05, 3.63) is 90.0 Å². The Bertz CT molecular complexity index is 1180. The largest absolute Gasteiger partial charge is 0.436 e. The Hall–Kier alpha value is -3.64. The SMILES string of the molecule is CN(C)CCCNC(=O)c1ccccc1Oc1nn(Cc2ccccc2)c2ccccc12. The standard InChI is InChI=1S/C26H28N4O2/c1-29(2)18-10-17-27-25(31)22-14-7-9-16-24(22)32-26-21-13-6-8-15-23(21)30(28-26)19-20-11-4-3-5-12-20/h3-9,11-16H,10,17-19H2,1-2H3,(H,27,31). The van der Waals surface area contributed by atoms with Gasteiger partial charge in [0.05, 0.1) is 23.0 Å². The van der Waals surface area contributed by atoms with Gasteiger partial charge >= 0.3 is 0 Å². The van der Waals surface area contributed by atoms with Gasteiger partial charge in [0.25, 0.3) is 5.91 Å². The molecule has 0 saturated carbocycles. The number of carbonyl (C=O) groups excluding carboxylic acids is 1. The number of ether oxygens (including phenoxy) is 1. The molecule has 4 rings (SSSR count). The fourth-order valence-corrected chi connectivity index (χ4v) is 3.59. The van der Waals surface area contributed by atoms with Crippen LogP contribution in [0.1, 0.15) is 22.3 Å². The molecule has 0 aliphatic carbocycles. The highest BCUT2D eigenvalue weighted by molar-refractivity contribution is 5.97. The number of aromatic nitrogens is 2. The van der Waals surface area contributed by atoms with Gasteiger partial charge < -0.3 is 15.0 Å². The maximum Gasteiger partial charge on any atom is 0.255 e. The van der Waals surface area contributed by atoms with E-state index in [9.17, 15) is 4.79 Å². The first-order valence-electron chi connectivity index (χ1n) is 10.8. The van der Waals surface area contributed by atoms with Crippen molar-refractivity contribution < 1.29 is 9.53 Å². The molecule has 0 radical (unpaired) electrons. The molecule has 0 bridgehead atoms. The highest BCUT2D eigenvalue weighted by atomic mass is 16.5. The number of para-hydroxylation sites is 2. The molecular weight excluding hydrogens is 400 g/mol. The maximum absolute atomic E-state index is 12.8. The van der Waals surface area contributed by atoms with Crippen molar-refractivity contribution in [1.29, 1.82) is 0 Å². The van der Waals surface area contributed by atoms with Crippen LogP contribution in [0.3, 0.4) is 0 Å². The van der Waals surface area contributed by atoms with Crippen molar-refractivity contribution >= 4 is 16.8 Å². The number of fused-ring (bicyclic) bond motifs is 1. The molecule has 0 spiro atoms. The second-order valence-electron chi connectivity index (χ2n) is 7.98. The van der Waals surface area contributed by atoms with Gasteiger partial charge in [-0.1, -0.05) is 54.6 Å². The van der Waals surface area contributed by atoms with Crippen LogP contribution in [0.15, 0.2) is 78.9 Å². The lowest BCUT2D eigenvalue weighted by Gasteiger charge is -2.12. The number of carbonyl (C=O) groups is 1. The van der Waals surface area contributed by atoms with E-state index in [1.54, 1.807) is 12.1 Å². The molecule has 0 atom stereocenters. The summed E-state index contributed by atoms with van der Waals surface area (Å²) in [5.41, 5.74) is 2.64. The van der Waals surface area contributed by atoms with E-state index < -0.39 is 0 Å². The Balaban J connectivity index is 1.57. The number of benzene rings is 3. The van der Waals surface area contributed by atoms with Crippen molar-refractivity contribution in [3.63, 3.8) is 0 Å². The molecule has 3 aromatic carbocycles. The molecule has 0 unspecified atom stereocenters. The Kier molecular flexibility index (Phi) is 6.82. The van der Waals surface area contributed by atoms with Crippen LogP contribution in [0.2, 0.25) is 0 Å². The zero-order valence-electron chi connectivity index (χ0n) is 18.5. The number of nitrogens with one attached hydrogen (secondary N) is 1. The number of hydrogen-bond donors (Lipinski definition) is 1. The first kappa shape index (κ1) is 21.6. The molecule has 0 saturated heterocycles. The van der Waals surface area contributed by atoms with Gasteiger partial charge in [-0.25, -0.2) is 0 Å². The molecule has 6 heteroatoms. The molecule has 1 aromatic heterocycles. The smallest absolute Gasteiger partial charge is 0.255 e. The quantitative estimate of drug-likeness (QED) is 0.397. The van der Waals surface area contributed by atoms with Gasteiger partial charge in [0.15, 0.2) is 0 Å². The number of hydrogen-bond acceptors (Lipinski definition) is 4. The molecule has 0 fully saturated rings. The average Bonchev–Trinajstić information content (AvgIpc) is 3.14. The first-order chi connectivity index (χ1) is 15.6. The monoisotopic (exact) mass is 428 g/mol. The van der Waals surface area contributed by atoms with Crippen LogP contribution in [0.4, 0.5) is 0 Å². The molecule has 1 N–H and O–H groups in total. The Morgan fingerprint density at radius 1 is 0.969 bits per heavy atom. The summed E-state index contributed by atoms with van der Waals surface area (Å²) in [5.74, 6) is 0.837. The van der Waals surface area contributed by atoms with Crippen LogP contribution in [0, 0.1) is 0 Å². The third-order valence-corrected chi connectivity index (χ3v) is 5.21. The van der Waals surface area contributed by atoms with E-state index >= 15 is 0 Å². The van der Waals surface area contributed by atoms with Gasteiger partial charge in [-0.2, -0.15) is 0 Å². The summed E-state index contributed by atoms with van der Waals surface area (Å²) in [7, 11) is 4.04. The van der Waals surface area contributed by atoms with Crippen LogP contribution in [0.25, 0.3) is 10.9 Å². The summed E-state index contributed by atoms with van der Waals surface area (Å²) >= 11 is 0. The van der Waals surface area contributed by atoms with Crippen LogP contribution >= 0.6 is 0 Å². The van der Waals surface area contributed by atoms with Gasteiger partial charge in [0, 0.05) is 6.54 Å². The summed E-state index contributed by atoms with van der Waals surface area (Å²) in [6.45, 7) is 2.17. The number of amides is 1. The van der Waals surface area contributed by atoms with Crippen molar-refractivity contribution in [2.24, 2.45) is 0 Å². The van der Waals surface area contributed by atoms with Gasteiger partial charge in [-0.3, -0.25) is 9.48 Å². The van der Waals surface area contributed by atoms with E-state index in [1.165, 1.54) is 0 Å². The number of rotatable bonds is 9. The van der Waals surface area contributed by atoms with Crippen LogP contribution in [-0.2, 0) is 6.54 Å². The van der Waals surface area contributed by atoms with Gasteiger partial charge in [-0.15, -0.1) is 5.10 Å². The third kappa shape index (κ3) is 5.15. The van der Waals surface area contributed by atoms with E-state index in [4.69, 9.17) is 9.84 Å². The minimum atomic E-state index is -0.146. The topological polar surface area (TPSA) is 59.4 Å². The van der Waals surface area contributed by atoms with E-state index in [-0.39, 0.29) is 5.91 Å². The van der Waals surface area contributed by atoms with E-state index in [2.05, 4.69) is 22.3 Å². The average molecular weight is 429 g/mol. The normalized spacial score (nSPS) is 11.1. The molecule has 1 heterocycles. The minimum Gasteiger partial charge on any atom is -0.436 e. The summed E-state index contributed by atoms with van der Waals surface area (Å²) in [5, 5.41) is 8.62. The molecule has 1 amide bonds. The van der Waals surface area contributed by atoms with Gasteiger partial charge in [0.2, 0.25) is 5.88 Å². The molecule has 4 aromatic rings. The lowest BCUT2D eigenvalue weighted by molar-refractivity contribution is 0.0950. The highest BCUT2D eigenvalue weighted by Gasteiger charge is 2.17. The Labute approximate surface area is 188 Å². The van der Waals surface area contributed by atoms with E-state index in [0.717, 1.165) is 29.4 Å². The third-order valence-electron chi connectivity index (χ3n) is 5.21. The van der Waals surface area contributed by atoms with E-state index in [0.29, 0.717) is 30.3 Å². The van der Waals surface area contributed by atoms with Gasteiger partial charge in [-0.05, 0) is 56.9 Å². The van der Waals surface area contributed by atoms with E-state index in [1.807, 2.05) is 73.4 Å². The highest BCUT2D eigenvalue weighted by Crippen LogP contribution is 2.31. The summed E-state index contributed by atoms with van der Waals surface area (Å²) < 4.78 is 8.14. The zero-order valence-corrected chi connectivity index (χ0v) is 18.5. The van der Waals surface area contributed by atoms with Crippen molar-refractivity contribution in [2.45, 2.75) is 13.0 Å². The second-order valence-corrected chi connectivity index (χ2v) is 7.98. The lowest BCUT2D eigenvalue weighted by Crippen LogP contribution is -2.27. The number of nitrogens with zero attached hydrogens (tertiary/aromatic N) is 3. The predicted octanol–water partition coefficient (Wildman–Crippen LogP) is 4.56. The molecular formula is C26H28N4O2. The van der Waals surface area contributed by atoms with Crippen molar-refractivity contribution in [2.75, 3.05) is 27.2 Å². The molecule has 0 aliphatic heterocycles. The summed E-state index contributed by atoms with van der Waals surface area (Å²) in [4.78, 5) is 14.9. The fraction of sp³-hybridized carbons (Fsp3) is 0.231. The first-order valence-corrected chi connectivity index (χ1v) is 10.8. The van der Waals surface area contributed by atoms with Crippen molar-refractivity contribution in [3.8, 4) is 11.6 Å². The lowest BCUT2D eigenvalue weighted by atomic mass is 10.2. The Morgan fingerprint density at radius 2 is 1.69 bits per heavy atom. The van der Waals surface area contributed by atoms with Crippen molar-refractivity contribution in [1.82, 2.24) is 20.0 Å². The predicted molar refractivity (Wildman–Crippen MR) is 127 cm³/mol. The molecule has 0 aliphatic rings. The molecule has 6 nitrogen and oxygen atoms in total. The summed E-state index contributed by atoms with van der Waals surface area (Å²) in [6.07, 6.45) is 0.885. The van der Waals surface area contributed by atoms with Crippen LogP contribution < -0.4 is 10.1 Å². The maximum atomic E-state index is 12.8.